The molecule has 0 unspecified atom stereocenters. The summed E-state index contributed by atoms with van der Waals surface area (Å²) in [6.45, 7) is 3.90. The first-order valence-electron chi connectivity index (χ1n) is 9.98. The second-order valence-electron chi connectivity index (χ2n) is 7.56. The van der Waals surface area contributed by atoms with Gasteiger partial charge in [0.05, 0.1) is 16.5 Å². The molecule has 2 aromatic carbocycles. The average Bonchev–Trinajstić information content (AvgIpc) is 3.07. The number of oxazole rings is 1. The maximum absolute atomic E-state index is 12.5. The molecule has 10 heteroatoms. The molecule has 1 fully saturated rings. The largest absolute Gasteiger partial charge is 0.420 e. The highest BCUT2D eigenvalue weighted by Crippen LogP contribution is 2.22. The summed E-state index contributed by atoms with van der Waals surface area (Å²) in [5.74, 6) is -1.08. The minimum atomic E-state index is -0.733. The van der Waals surface area contributed by atoms with Crippen LogP contribution in [0.1, 0.15) is 5.56 Å². The van der Waals surface area contributed by atoms with Gasteiger partial charge in [0.1, 0.15) is 6.54 Å². The Balaban J connectivity index is 1.45. The van der Waals surface area contributed by atoms with Gasteiger partial charge in [-0.15, -0.1) is 0 Å². The lowest BCUT2D eigenvalue weighted by Gasteiger charge is -2.35. The van der Waals surface area contributed by atoms with Crippen molar-refractivity contribution in [2.24, 2.45) is 0 Å². The predicted molar refractivity (Wildman–Crippen MR) is 115 cm³/mol. The van der Waals surface area contributed by atoms with E-state index in [9.17, 15) is 19.7 Å². The lowest BCUT2D eigenvalue weighted by Crippen LogP contribution is -2.45. The molecular formula is C21H23N5O5. The van der Waals surface area contributed by atoms with Crippen molar-refractivity contribution in [1.82, 2.24) is 14.8 Å². The smallest absolute Gasteiger partial charge is 0.407 e. The van der Waals surface area contributed by atoms with Crippen molar-refractivity contribution < 1.29 is 14.1 Å². The summed E-state index contributed by atoms with van der Waals surface area (Å²) in [5, 5.41) is 13.8. The van der Waals surface area contributed by atoms with Gasteiger partial charge < -0.3 is 19.5 Å². The second-order valence-corrected chi connectivity index (χ2v) is 7.56. The number of anilines is 1. The summed E-state index contributed by atoms with van der Waals surface area (Å²) in [7, 11) is 2.10. The summed E-state index contributed by atoms with van der Waals surface area (Å²) in [6, 6.07) is 11.8. The van der Waals surface area contributed by atoms with Crippen LogP contribution in [0.3, 0.4) is 0 Å². The van der Waals surface area contributed by atoms with Crippen LogP contribution in [0.4, 0.5) is 11.4 Å². The van der Waals surface area contributed by atoms with Gasteiger partial charge in [0.15, 0.2) is 5.58 Å². The SMILES string of the molecule is CN1CCN(c2ccccc2CNC(=O)Cn2c(=O)oc3cc([N+](=O)[O-])ccc32)CC1. The maximum Gasteiger partial charge on any atom is 0.420 e. The minimum Gasteiger partial charge on any atom is -0.407 e. The van der Waals surface area contributed by atoms with Crippen LogP contribution in [0.25, 0.3) is 11.1 Å². The molecule has 0 atom stereocenters. The molecule has 1 saturated heterocycles. The number of nitro benzene ring substituents is 1. The van der Waals surface area contributed by atoms with Crippen LogP contribution in [-0.2, 0) is 17.9 Å². The number of carbonyl (C=O) groups excluding carboxylic acids is 1. The quantitative estimate of drug-likeness (QED) is 0.471. The highest BCUT2D eigenvalue weighted by Gasteiger charge is 2.18. The first kappa shape index (κ1) is 20.6. The monoisotopic (exact) mass is 425 g/mol. The van der Waals surface area contributed by atoms with Gasteiger partial charge in [0.2, 0.25) is 5.91 Å². The molecule has 0 saturated carbocycles. The molecule has 1 aromatic heterocycles. The van der Waals surface area contributed by atoms with E-state index in [0.29, 0.717) is 12.1 Å². The van der Waals surface area contributed by atoms with Gasteiger partial charge in [-0.25, -0.2) is 4.79 Å². The Bertz CT molecular complexity index is 1180. The third-order valence-corrected chi connectivity index (χ3v) is 5.48. The number of piperazine rings is 1. The standard InChI is InChI=1S/C21H23N5O5/c1-23-8-10-24(11-9-23)17-5-3-2-4-15(17)13-22-20(27)14-25-18-7-6-16(26(29)30)12-19(18)31-21(25)28/h2-7,12H,8-11,13-14H2,1H3,(H,22,27). The van der Waals surface area contributed by atoms with E-state index < -0.39 is 10.7 Å². The number of hydrogen-bond donors (Lipinski definition) is 1. The van der Waals surface area contributed by atoms with Crippen molar-refractivity contribution >= 4 is 28.4 Å². The van der Waals surface area contributed by atoms with Gasteiger partial charge in [-0.1, -0.05) is 18.2 Å². The van der Waals surface area contributed by atoms with Crippen LogP contribution >= 0.6 is 0 Å². The molecular weight excluding hydrogens is 402 g/mol. The van der Waals surface area contributed by atoms with E-state index >= 15 is 0 Å². The molecule has 0 spiro atoms. The number of para-hydroxylation sites is 1. The highest BCUT2D eigenvalue weighted by atomic mass is 16.6. The molecule has 162 valence electrons. The van der Waals surface area contributed by atoms with E-state index in [4.69, 9.17) is 4.42 Å². The molecule has 1 amide bonds. The van der Waals surface area contributed by atoms with Crippen molar-refractivity contribution in [2.75, 3.05) is 38.1 Å². The summed E-state index contributed by atoms with van der Waals surface area (Å²) in [4.78, 5) is 39.6. The molecule has 2 heterocycles. The third-order valence-electron chi connectivity index (χ3n) is 5.48. The number of nitro groups is 1. The zero-order chi connectivity index (χ0) is 22.0. The summed E-state index contributed by atoms with van der Waals surface area (Å²) >= 11 is 0. The molecule has 1 N–H and O–H groups in total. The normalized spacial score (nSPS) is 14.7. The highest BCUT2D eigenvalue weighted by molar-refractivity contribution is 5.80. The Morgan fingerprint density at radius 3 is 2.65 bits per heavy atom. The number of nitrogens with zero attached hydrogens (tertiary/aromatic N) is 4. The summed E-state index contributed by atoms with van der Waals surface area (Å²) in [6.07, 6.45) is 0. The van der Waals surface area contributed by atoms with Crippen LogP contribution in [-0.4, -0.2) is 53.5 Å². The van der Waals surface area contributed by atoms with Crippen molar-refractivity contribution in [2.45, 2.75) is 13.1 Å². The van der Waals surface area contributed by atoms with Gasteiger partial charge in [0.25, 0.3) is 5.69 Å². The van der Waals surface area contributed by atoms with Gasteiger partial charge in [0, 0.05) is 44.5 Å². The number of aromatic nitrogens is 1. The fourth-order valence-corrected chi connectivity index (χ4v) is 3.73. The van der Waals surface area contributed by atoms with Crippen molar-refractivity contribution in [3.8, 4) is 0 Å². The van der Waals surface area contributed by atoms with Gasteiger partial charge >= 0.3 is 5.76 Å². The molecule has 0 bridgehead atoms. The Morgan fingerprint density at radius 2 is 1.90 bits per heavy atom. The number of benzene rings is 2. The Hall–Kier alpha value is -3.66. The Kier molecular flexibility index (Phi) is 5.72. The molecule has 31 heavy (non-hydrogen) atoms. The summed E-state index contributed by atoms with van der Waals surface area (Å²) in [5.41, 5.74) is 2.32. The molecule has 4 rings (SSSR count). The third kappa shape index (κ3) is 4.43. The fraction of sp³-hybridized carbons (Fsp3) is 0.333. The Labute approximate surface area is 177 Å². The predicted octanol–water partition coefficient (Wildman–Crippen LogP) is 1.57. The number of nitrogens with one attached hydrogen (secondary N) is 1. The first-order valence-corrected chi connectivity index (χ1v) is 9.98. The van der Waals surface area contributed by atoms with Crippen molar-refractivity contribution in [3.63, 3.8) is 0 Å². The lowest BCUT2D eigenvalue weighted by molar-refractivity contribution is -0.384. The number of rotatable bonds is 6. The fourth-order valence-electron chi connectivity index (χ4n) is 3.73. The second kappa shape index (κ2) is 8.60. The van der Waals surface area contributed by atoms with E-state index in [1.54, 1.807) is 0 Å². The van der Waals surface area contributed by atoms with E-state index in [-0.39, 0.29) is 23.7 Å². The van der Waals surface area contributed by atoms with Crippen molar-refractivity contribution in [3.05, 3.63) is 68.7 Å². The van der Waals surface area contributed by atoms with E-state index in [1.165, 1.54) is 22.8 Å². The van der Waals surface area contributed by atoms with Crippen LogP contribution in [0, 0.1) is 10.1 Å². The van der Waals surface area contributed by atoms with Crippen LogP contribution in [0.15, 0.2) is 51.7 Å². The molecule has 3 aromatic rings. The van der Waals surface area contributed by atoms with Crippen LogP contribution in [0.2, 0.25) is 0 Å². The van der Waals surface area contributed by atoms with Gasteiger partial charge in [-0.2, -0.15) is 0 Å². The number of hydrogen-bond acceptors (Lipinski definition) is 7. The van der Waals surface area contributed by atoms with E-state index in [0.717, 1.165) is 37.4 Å². The molecule has 10 nitrogen and oxygen atoms in total. The average molecular weight is 425 g/mol. The lowest BCUT2D eigenvalue weighted by atomic mass is 10.1. The first-order chi connectivity index (χ1) is 14.9. The number of amides is 1. The Morgan fingerprint density at radius 1 is 1.16 bits per heavy atom. The molecule has 0 radical (unpaired) electrons. The zero-order valence-electron chi connectivity index (χ0n) is 17.1. The number of fused-ring (bicyclic) bond motifs is 1. The maximum atomic E-state index is 12.5. The molecule has 1 aliphatic rings. The molecule has 0 aliphatic carbocycles. The van der Waals surface area contributed by atoms with Crippen LogP contribution < -0.4 is 16.0 Å². The summed E-state index contributed by atoms with van der Waals surface area (Å²) < 4.78 is 6.24. The number of carbonyl (C=O) groups is 1. The number of non-ortho nitro benzene ring substituents is 1. The van der Waals surface area contributed by atoms with Gasteiger partial charge in [-0.05, 0) is 24.7 Å². The van der Waals surface area contributed by atoms with Gasteiger partial charge in [-0.3, -0.25) is 19.5 Å². The van der Waals surface area contributed by atoms with Crippen LogP contribution in [0.5, 0.6) is 0 Å². The van der Waals surface area contributed by atoms with Crippen molar-refractivity contribution in [1.29, 1.82) is 0 Å². The molecule has 1 aliphatic heterocycles. The zero-order valence-corrected chi connectivity index (χ0v) is 17.1. The topological polar surface area (TPSA) is 114 Å². The van der Waals surface area contributed by atoms with E-state index in [2.05, 4.69) is 22.2 Å². The van der Waals surface area contributed by atoms with E-state index in [1.807, 2.05) is 24.3 Å². The number of likely N-dealkylation sites (N-methyl/N-ethyl adjacent to an activating group) is 1. The minimum absolute atomic E-state index is 0.0763.